The summed E-state index contributed by atoms with van der Waals surface area (Å²) >= 11 is 0. The molecule has 3 heteroatoms. The minimum absolute atomic E-state index is 0.184. The first-order chi connectivity index (χ1) is 8.27. The fourth-order valence-corrected chi connectivity index (χ4v) is 1.61. The number of carboxylic acid groups (broad SMARTS) is 1. The van der Waals surface area contributed by atoms with Crippen molar-refractivity contribution < 1.29 is 9.90 Å². The van der Waals surface area contributed by atoms with Gasteiger partial charge in [0, 0.05) is 17.8 Å². The van der Waals surface area contributed by atoms with E-state index in [0.717, 1.165) is 5.56 Å². The van der Waals surface area contributed by atoms with Gasteiger partial charge >= 0.3 is 0 Å². The third-order valence-corrected chi connectivity index (χ3v) is 2.47. The summed E-state index contributed by atoms with van der Waals surface area (Å²) in [5.41, 5.74) is 1.86. The first-order valence-corrected chi connectivity index (χ1v) is 5.35. The summed E-state index contributed by atoms with van der Waals surface area (Å²) in [6.07, 6.45) is 0. The van der Waals surface area contributed by atoms with Gasteiger partial charge in [-0.2, -0.15) is 0 Å². The molecule has 0 aliphatic rings. The van der Waals surface area contributed by atoms with Crippen molar-refractivity contribution in [2.24, 2.45) is 0 Å². The Kier molecular flexibility index (Phi) is 3.40. The van der Waals surface area contributed by atoms with Gasteiger partial charge in [0.1, 0.15) is 0 Å². The summed E-state index contributed by atoms with van der Waals surface area (Å²) in [5, 5.41) is 14.0. The van der Waals surface area contributed by atoms with Gasteiger partial charge in [0.25, 0.3) is 0 Å². The number of hydrogen-bond acceptors (Lipinski definition) is 3. The zero-order valence-electron chi connectivity index (χ0n) is 9.22. The molecular formula is C14H12NO2-. The van der Waals surface area contributed by atoms with Gasteiger partial charge in [-0.1, -0.05) is 48.5 Å². The number of carbonyl (C=O) groups excluding carboxylic acids is 1. The summed E-state index contributed by atoms with van der Waals surface area (Å²) < 4.78 is 0. The Morgan fingerprint density at radius 2 is 1.65 bits per heavy atom. The van der Waals surface area contributed by atoms with Crippen LogP contribution in [0.25, 0.3) is 0 Å². The summed E-state index contributed by atoms with van der Waals surface area (Å²) in [6.45, 7) is 0.588. The van der Waals surface area contributed by atoms with Crippen molar-refractivity contribution in [1.29, 1.82) is 0 Å². The minimum atomic E-state index is -1.17. The summed E-state index contributed by atoms with van der Waals surface area (Å²) in [5.74, 6) is -1.17. The highest BCUT2D eigenvalue weighted by Crippen LogP contribution is 2.15. The van der Waals surface area contributed by atoms with Gasteiger partial charge in [0.05, 0.1) is 5.97 Å². The smallest absolute Gasteiger partial charge is 0.0736 e. The van der Waals surface area contributed by atoms with Gasteiger partial charge in [-0.15, -0.1) is 0 Å². The van der Waals surface area contributed by atoms with Gasteiger partial charge in [-0.25, -0.2) is 0 Å². The standard InChI is InChI=1S/C14H13NO2/c16-14(17)12-8-4-5-9-13(12)15-10-11-6-2-1-3-7-11/h1-9,15H,10H2,(H,16,17)/p-1. The van der Waals surface area contributed by atoms with Crippen molar-refractivity contribution in [3.63, 3.8) is 0 Å². The maximum atomic E-state index is 10.9. The molecule has 0 amide bonds. The third kappa shape index (κ3) is 2.84. The van der Waals surface area contributed by atoms with Crippen molar-refractivity contribution in [2.45, 2.75) is 6.54 Å². The molecule has 17 heavy (non-hydrogen) atoms. The van der Waals surface area contributed by atoms with E-state index in [1.807, 2.05) is 30.3 Å². The van der Waals surface area contributed by atoms with E-state index in [0.29, 0.717) is 12.2 Å². The SMILES string of the molecule is O=C([O-])c1ccccc1NCc1ccccc1. The van der Waals surface area contributed by atoms with Crippen LogP contribution in [-0.4, -0.2) is 5.97 Å². The fraction of sp³-hybridized carbons (Fsp3) is 0.0714. The molecule has 0 aliphatic heterocycles. The second-order valence-electron chi connectivity index (χ2n) is 3.67. The topological polar surface area (TPSA) is 52.2 Å². The Balaban J connectivity index is 2.12. The molecule has 1 N–H and O–H groups in total. The first kappa shape index (κ1) is 11.2. The van der Waals surface area contributed by atoms with Crippen molar-refractivity contribution >= 4 is 11.7 Å². The number of carboxylic acids is 1. The normalized spacial score (nSPS) is 9.88. The van der Waals surface area contributed by atoms with Crippen LogP contribution in [0.2, 0.25) is 0 Å². The molecule has 3 nitrogen and oxygen atoms in total. The zero-order chi connectivity index (χ0) is 12.1. The average Bonchev–Trinajstić information content (AvgIpc) is 2.38. The predicted octanol–water partition coefficient (Wildman–Crippen LogP) is 1.66. The Morgan fingerprint density at radius 1 is 1.00 bits per heavy atom. The van der Waals surface area contributed by atoms with Crippen LogP contribution in [0.5, 0.6) is 0 Å². The Hall–Kier alpha value is -2.29. The number of para-hydroxylation sites is 1. The predicted molar refractivity (Wildman–Crippen MR) is 64.5 cm³/mol. The van der Waals surface area contributed by atoms with Crippen LogP contribution in [-0.2, 0) is 6.54 Å². The molecule has 86 valence electrons. The molecule has 2 rings (SSSR count). The van der Waals surface area contributed by atoms with E-state index in [1.165, 1.54) is 6.07 Å². The number of carbonyl (C=O) groups is 1. The molecule has 0 fully saturated rings. The van der Waals surface area contributed by atoms with Crippen LogP contribution in [0.15, 0.2) is 54.6 Å². The molecule has 0 aliphatic carbocycles. The summed E-state index contributed by atoms with van der Waals surface area (Å²) in [6, 6.07) is 16.5. The molecule has 0 bridgehead atoms. The van der Waals surface area contributed by atoms with Crippen LogP contribution in [0.4, 0.5) is 5.69 Å². The summed E-state index contributed by atoms with van der Waals surface area (Å²) in [7, 11) is 0. The number of benzene rings is 2. The Labute approximate surface area is 99.7 Å². The van der Waals surface area contributed by atoms with Crippen molar-refractivity contribution in [2.75, 3.05) is 5.32 Å². The number of aromatic carboxylic acids is 1. The molecule has 0 saturated carbocycles. The second-order valence-corrected chi connectivity index (χ2v) is 3.67. The quantitative estimate of drug-likeness (QED) is 0.862. The highest BCUT2D eigenvalue weighted by atomic mass is 16.4. The lowest BCUT2D eigenvalue weighted by Crippen LogP contribution is -2.23. The average molecular weight is 226 g/mol. The lowest BCUT2D eigenvalue weighted by Gasteiger charge is -2.12. The maximum Gasteiger partial charge on any atom is 0.0736 e. The fourth-order valence-electron chi connectivity index (χ4n) is 1.61. The maximum absolute atomic E-state index is 10.9. The van der Waals surface area contributed by atoms with Crippen LogP contribution in [0.3, 0.4) is 0 Å². The van der Waals surface area contributed by atoms with E-state index in [1.54, 1.807) is 18.2 Å². The number of anilines is 1. The van der Waals surface area contributed by atoms with E-state index < -0.39 is 5.97 Å². The number of rotatable bonds is 4. The van der Waals surface area contributed by atoms with Gasteiger partial charge < -0.3 is 15.2 Å². The van der Waals surface area contributed by atoms with Crippen LogP contribution in [0.1, 0.15) is 15.9 Å². The molecule has 0 saturated heterocycles. The molecule has 0 aromatic heterocycles. The molecule has 0 heterocycles. The van der Waals surface area contributed by atoms with Gasteiger partial charge in [0.2, 0.25) is 0 Å². The monoisotopic (exact) mass is 226 g/mol. The lowest BCUT2D eigenvalue weighted by molar-refractivity contribution is -0.254. The molecule has 0 spiro atoms. The van der Waals surface area contributed by atoms with Crippen molar-refractivity contribution in [3.05, 3.63) is 65.7 Å². The second kappa shape index (κ2) is 5.16. The van der Waals surface area contributed by atoms with Crippen LogP contribution >= 0.6 is 0 Å². The molecule has 2 aromatic rings. The zero-order valence-corrected chi connectivity index (χ0v) is 9.22. The molecular weight excluding hydrogens is 214 g/mol. The van der Waals surface area contributed by atoms with E-state index >= 15 is 0 Å². The van der Waals surface area contributed by atoms with E-state index in [2.05, 4.69) is 5.32 Å². The number of nitrogens with one attached hydrogen (secondary N) is 1. The Bertz CT molecular complexity index is 509. The van der Waals surface area contributed by atoms with Gasteiger partial charge in [0.15, 0.2) is 0 Å². The molecule has 2 aromatic carbocycles. The van der Waals surface area contributed by atoms with E-state index in [4.69, 9.17) is 0 Å². The van der Waals surface area contributed by atoms with Gasteiger partial charge in [-0.05, 0) is 11.6 Å². The highest BCUT2D eigenvalue weighted by Gasteiger charge is 2.01. The third-order valence-electron chi connectivity index (χ3n) is 2.47. The first-order valence-electron chi connectivity index (χ1n) is 5.35. The lowest BCUT2D eigenvalue weighted by atomic mass is 10.1. The minimum Gasteiger partial charge on any atom is -0.545 e. The van der Waals surface area contributed by atoms with Crippen LogP contribution < -0.4 is 10.4 Å². The van der Waals surface area contributed by atoms with Crippen LogP contribution in [0, 0.1) is 0 Å². The van der Waals surface area contributed by atoms with E-state index in [-0.39, 0.29) is 5.56 Å². The molecule has 0 radical (unpaired) electrons. The highest BCUT2D eigenvalue weighted by molar-refractivity contribution is 5.92. The number of hydrogen-bond donors (Lipinski definition) is 1. The Morgan fingerprint density at radius 3 is 2.35 bits per heavy atom. The largest absolute Gasteiger partial charge is 0.545 e. The molecule has 0 atom stereocenters. The van der Waals surface area contributed by atoms with Gasteiger partial charge in [-0.3, -0.25) is 0 Å². The molecule has 0 unspecified atom stereocenters. The summed E-state index contributed by atoms with van der Waals surface area (Å²) in [4.78, 5) is 10.9. The van der Waals surface area contributed by atoms with Crippen molar-refractivity contribution in [1.82, 2.24) is 0 Å². The van der Waals surface area contributed by atoms with E-state index in [9.17, 15) is 9.90 Å². The van der Waals surface area contributed by atoms with Crippen molar-refractivity contribution in [3.8, 4) is 0 Å².